The van der Waals surface area contributed by atoms with Crippen molar-refractivity contribution in [2.75, 3.05) is 31.1 Å². The number of nitrogens with zero attached hydrogens (tertiary/aromatic N) is 4. The van der Waals surface area contributed by atoms with Gasteiger partial charge in [0.2, 0.25) is 15.9 Å². The van der Waals surface area contributed by atoms with Crippen LogP contribution in [0.3, 0.4) is 0 Å². The molecule has 1 N–H and O–H groups in total. The molecule has 1 aliphatic rings. The lowest BCUT2D eigenvalue weighted by atomic mass is 10.2. The predicted octanol–water partition coefficient (Wildman–Crippen LogP) is 3.45. The Morgan fingerprint density at radius 3 is 2.40 bits per heavy atom. The van der Waals surface area contributed by atoms with Crippen LogP contribution in [-0.2, 0) is 34.8 Å². The third kappa shape index (κ3) is 5.51. The SMILES string of the molecule is CCN(CC)S(=O)(=O)c1ccc2c(c1)nc(CCC(=O)NCc1ccc(N3CCCC3)cc1)n2C. The number of carbonyl (C=O) groups is 1. The highest BCUT2D eigenvalue weighted by Gasteiger charge is 2.23. The second kappa shape index (κ2) is 10.8. The van der Waals surface area contributed by atoms with Crippen molar-refractivity contribution in [2.45, 2.75) is 51.0 Å². The van der Waals surface area contributed by atoms with E-state index in [1.807, 2.05) is 25.5 Å². The molecular formula is C26H35N5O3S. The lowest BCUT2D eigenvalue weighted by Gasteiger charge is -2.18. The number of rotatable bonds is 10. The number of nitrogens with one attached hydrogen (secondary N) is 1. The standard InChI is InChI=1S/C26H35N5O3S/c1-4-31(5-2)35(33,34)22-12-13-24-23(18-22)28-25(29(24)3)14-15-26(32)27-19-20-8-10-21(11-9-20)30-16-6-7-17-30/h8-13,18H,4-7,14-17,19H2,1-3H3,(H,27,32). The average molecular weight is 498 g/mol. The number of imidazole rings is 1. The van der Waals surface area contributed by atoms with Gasteiger partial charge in [-0.3, -0.25) is 4.79 Å². The fourth-order valence-electron chi connectivity index (χ4n) is 4.64. The summed E-state index contributed by atoms with van der Waals surface area (Å²) in [7, 11) is -1.65. The quantitative estimate of drug-likeness (QED) is 0.464. The van der Waals surface area contributed by atoms with E-state index in [2.05, 4.69) is 39.5 Å². The van der Waals surface area contributed by atoms with E-state index in [1.165, 1.54) is 22.8 Å². The van der Waals surface area contributed by atoms with Crippen LogP contribution >= 0.6 is 0 Å². The van der Waals surface area contributed by atoms with Crippen molar-refractivity contribution in [1.29, 1.82) is 0 Å². The molecule has 2 aromatic carbocycles. The first-order valence-electron chi connectivity index (χ1n) is 12.4. The van der Waals surface area contributed by atoms with Crippen molar-refractivity contribution in [1.82, 2.24) is 19.2 Å². The number of hydrogen-bond donors (Lipinski definition) is 1. The minimum Gasteiger partial charge on any atom is -0.372 e. The van der Waals surface area contributed by atoms with Crippen molar-refractivity contribution >= 4 is 32.7 Å². The summed E-state index contributed by atoms with van der Waals surface area (Å²) in [6.45, 7) is 7.22. The highest BCUT2D eigenvalue weighted by Crippen LogP contribution is 2.23. The van der Waals surface area contributed by atoms with Gasteiger partial charge in [0.1, 0.15) is 5.82 Å². The molecule has 35 heavy (non-hydrogen) atoms. The zero-order valence-corrected chi connectivity index (χ0v) is 21.6. The van der Waals surface area contributed by atoms with Gasteiger partial charge in [-0.25, -0.2) is 13.4 Å². The molecule has 0 unspecified atom stereocenters. The molecule has 4 rings (SSSR count). The minimum absolute atomic E-state index is 0.0366. The molecule has 1 aromatic heterocycles. The largest absolute Gasteiger partial charge is 0.372 e. The van der Waals surface area contributed by atoms with Gasteiger partial charge < -0.3 is 14.8 Å². The lowest BCUT2D eigenvalue weighted by Crippen LogP contribution is -2.30. The maximum atomic E-state index is 12.9. The predicted molar refractivity (Wildman–Crippen MR) is 139 cm³/mol. The second-order valence-electron chi connectivity index (χ2n) is 8.96. The monoisotopic (exact) mass is 497 g/mol. The van der Waals surface area contributed by atoms with Crippen LogP contribution in [0.1, 0.15) is 44.5 Å². The number of aryl methyl sites for hydroxylation is 2. The summed E-state index contributed by atoms with van der Waals surface area (Å²) >= 11 is 0. The molecule has 0 radical (unpaired) electrons. The fraction of sp³-hybridized carbons (Fsp3) is 0.462. The smallest absolute Gasteiger partial charge is 0.243 e. The van der Waals surface area contributed by atoms with Crippen molar-refractivity contribution in [3.63, 3.8) is 0 Å². The summed E-state index contributed by atoms with van der Waals surface area (Å²) in [6, 6.07) is 13.4. The Hall–Kier alpha value is -2.91. The van der Waals surface area contributed by atoms with Crippen molar-refractivity contribution in [2.24, 2.45) is 7.05 Å². The van der Waals surface area contributed by atoms with Crippen LogP contribution in [-0.4, -0.2) is 54.4 Å². The Bertz CT molecular complexity index is 1270. The van der Waals surface area contributed by atoms with E-state index in [-0.39, 0.29) is 10.8 Å². The molecule has 1 fully saturated rings. The van der Waals surface area contributed by atoms with E-state index in [1.54, 1.807) is 18.2 Å². The topological polar surface area (TPSA) is 87.5 Å². The van der Waals surface area contributed by atoms with Crippen LogP contribution in [0, 0.1) is 0 Å². The van der Waals surface area contributed by atoms with Crippen LogP contribution in [0.25, 0.3) is 11.0 Å². The van der Waals surface area contributed by atoms with Gasteiger partial charge in [-0.1, -0.05) is 26.0 Å². The zero-order chi connectivity index (χ0) is 25.0. The molecule has 0 bridgehead atoms. The summed E-state index contributed by atoms with van der Waals surface area (Å²) in [5.41, 5.74) is 3.78. The maximum Gasteiger partial charge on any atom is 0.243 e. The first kappa shape index (κ1) is 25.2. The number of hydrogen-bond acceptors (Lipinski definition) is 5. The Morgan fingerprint density at radius 2 is 1.74 bits per heavy atom. The van der Waals surface area contributed by atoms with Crippen molar-refractivity contribution in [3.8, 4) is 0 Å². The molecule has 9 heteroatoms. The van der Waals surface area contributed by atoms with Crippen molar-refractivity contribution < 1.29 is 13.2 Å². The molecule has 3 aromatic rings. The summed E-state index contributed by atoms with van der Waals surface area (Å²) < 4.78 is 29.1. The van der Waals surface area contributed by atoms with E-state index in [0.717, 1.165) is 30.0 Å². The maximum absolute atomic E-state index is 12.9. The van der Waals surface area contributed by atoms with Gasteiger partial charge in [0.25, 0.3) is 0 Å². The Balaban J connectivity index is 1.36. The van der Waals surface area contributed by atoms with E-state index < -0.39 is 10.0 Å². The summed E-state index contributed by atoms with van der Waals surface area (Å²) in [4.78, 5) is 19.7. The van der Waals surface area contributed by atoms with Gasteiger partial charge in [-0.05, 0) is 48.7 Å². The van der Waals surface area contributed by atoms with Gasteiger partial charge in [0, 0.05) is 58.3 Å². The number of carbonyl (C=O) groups excluding carboxylic acids is 1. The van der Waals surface area contributed by atoms with Crippen LogP contribution in [0.5, 0.6) is 0 Å². The Labute approximate surface area is 208 Å². The molecule has 0 saturated carbocycles. The molecule has 1 aliphatic heterocycles. The van der Waals surface area contributed by atoms with Gasteiger partial charge in [0.05, 0.1) is 15.9 Å². The number of amides is 1. The van der Waals surface area contributed by atoms with Crippen LogP contribution in [0.2, 0.25) is 0 Å². The Kier molecular flexibility index (Phi) is 7.76. The first-order chi connectivity index (χ1) is 16.8. The van der Waals surface area contributed by atoms with Crippen molar-refractivity contribution in [3.05, 3.63) is 53.9 Å². The molecular weight excluding hydrogens is 462 g/mol. The third-order valence-corrected chi connectivity index (χ3v) is 8.81. The van der Waals surface area contributed by atoms with Crippen LogP contribution < -0.4 is 10.2 Å². The number of fused-ring (bicyclic) bond motifs is 1. The molecule has 2 heterocycles. The molecule has 1 saturated heterocycles. The lowest BCUT2D eigenvalue weighted by molar-refractivity contribution is -0.121. The zero-order valence-electron chi connectivity index (χ0n) is 20.8. The minimum atomic E-state index is -3.55. The van der Waals surface area contributed by atoms with Gasteiger partial charge in [-0.15, -0.1) is 0 Å². The molecule has 1 amide bonds. The number of sulfonamides is 1. The summed E-state index contributed by atoms with van der Waals surface area (Å²) in [5.74, 6) is 0.716. The number of benzene rings is 2. The molecule has 0 atom stereocenters. The van der Waals surface area contributed by atoms with Crippen LogP contribution in [0.15, 0.2) is 47.4 Å². The molecule has 188 valence electrons. The Morgan fingerprint density at radius 1 is 1.06 bits per heavy atom. The fourth-order valence-corrected chi connectivity index (χ4v) is 6.12. The highest BCUT2D eigenvalue weighted by molar-refractivity contribution is 7.89. The summed E-state index contributed by atoms with van der Waals surface area (Å²) in [5, 5.41) is 2.99. The van der Waals surface area contributed by atoms with E-state index >= 15 is 0 Å². The van der Waals surface area contributed by atoms with Crippen LogP contribution in [0.4, 0.5) is 5.69 Å². The molecule has 0 aliphatic carbocycles. The van der Waals surface area contributed by atoms with Gasteiger partial charge >= 0.3 is 0 Å². The van der Waals surface area contributed by atoms with Gasteiger partial charge in [0.15, 0.2) is 0 Å². The van der Waals surface area contributed by atoms with Gasteiger partial charge in [-0.2, -0.15) is 4.31 Å². The summed E-state index contributed by atoms with van der Waals surface area (Å²) in [6.07, 6.45) is 3.29. The highest BCUT2D eigenvalue weighted by atomic mass is 32.2. The normalized spacial score (nSPS) is 14.2. The number of aromatic nitrogens is 2. The third-order valence-electron chi connectivity index (χ3n) is 6.76. The average Bonchev–Trinajstić information content (AvgIpc) is 3.50. The molecule has 0 spiro atoms. The first-order valence-corrected chi connectivity index (χ1v) is 13.8. The van der Waals surface area contributed by atoms with E-state index in [0.29, 0.717) is 38.0 Å². The van der Waals surface area contributed by atoms with E-state index in [4.69, 9.17) is 0 Å². The number of anilines is 1. The second-order valence-corrected chi connectivity index (χ2v) is 10.9. The van der Waals surface area contributed by atoms with E-state index in [9.17, 15) is 13.2 Å². The molecule has 8 nitrogen and oxygen atoms in total.